The summed E-state index contributed by atoms with van der Waals surface area (Å²) in [5.41, 5.74) is 2.79. The van der Waals surface area contributed by atoms with Crippen LogP contribution in [0.5, 0.6) is 0 Å². The van der Waals surface area contributed by atoms with Gasteiger partial charge in [0.2, 0.25) is 0 Å². The zero-order valence-electron chi connectivity index (χ0n) is 10.7. The first kappa shape index (κ1) is 13.3. The summed E-state index contributed by atoms with van der Waals surface area (Å²) >= 11 is 1.96. The van der Waals surface area contributed by atoms with Gasteiger partial charge < -0.3 is 10.0 Å². The third-order valence-corrected chi connectivity index (χ3v) is 4.23. The Kier molecular flexibility index (Phi) is 4.53. The van der Waals surface area contributed by atoms with Gasteiger partial charge in [-0.1, -0.05) is 13.0 Å². The number of fused-ring (bicyclic) bond motifs is 1. The van der Waals surface area contributed by atoms with Gasteiger partial charge in [-0.3, -0.25) is 0 Å². The van der Waals surface area contributed by atoms with Crippen molar-refractivity contribution in [3.63, 3.8) is 0 Å². The Morgan fingerprint density at radius 2 is 2.33 bits per heavy atom. The van der Waals surface area contributed by atoms with Crippen LogP contribution >= 0.6 is 11.8 Å². The van der Waals surface area contributed by atoms with Crippen LogP contribution in [-0.4, -0.2) is 35.7 Å². The van der Waals surface area contributed by atoms with Crippen LogP contribution in [0, 0.1) is 0 Å². The Hall–Kier alpha value is -1.16. The summed E-state index contributed by atoms with van der Waals surface area (Å²) in [7, 11) is 0. The highest BCUT2D eigenvalue weighted by molar-refractivity contribution is 7.99. The normalized spacial score (nSPS) is 13.7. The molecule has 1 aromatic carbocycles. The number of anilines is 1. The lowest BCUT2D eigenvalue weighted by atomic mass is 10.1. The number of carboxylic acids is 1. The molecule has 0 atom stereocenters. The van der Waals surface area contributed by atoms with Crippen LogP contribution < -0.4 is 4.90 Å². The summed E-state index contributed by atoms with van der Waals surface area (Å²) in [4.78, 5) is 13.3. The number of hydrogen-bond donors (Lipinski definition) is 1. The van der Waals surface area contributed by atoms with Crippen LogP contribution in [0.1, 0.15) is 29.3 Å². The summed E-state index contributed by atoms with van der Waals surface area (Å²) in [6.07, 6.45) is 2.20. The standard InChI is InChI=1S/C14H19NO2S/c1-2-18-9-3-7-15-8-6-11-4-5-12(14(16)17)10-13(11)15/h4-5,10H,2-3,6-9H2,1H3,(H,16,17). The molecule has 98 valence electrons. The lowest BCUT2D eigenvalue weighted by Gasteiger charge is -2.19. The van der Waals surface area contributed by atoms with E-state index in [1.54, 1.807) is 6.07 Å². The molecule has 1 aliphatic heterocycles. The van der Waals surface area contributed by atoms with Crippen molar-refractivity contribution in [3.05, 3.63) is 29.3 Å². The number of benzene rings is 1. The Bertz CT molecular complexity index is 434. The van der Waals surface area contributed by atoms with E-state index in [1.807, 2.05) is 23.9 Å². The molecule has 0 aromatic heterocycles. The fourth-order valence-corrected chi connectivity index (χ4v) is 2.93. The van der Waals surface area contributed by atoms with E-state index >= 15 is 0 Å². The molecule has 18 heavy (non-hydrogen) atoms. The van der Waals surface area contributed by atoms with Crippen LogP contribution in [0.3, 0.4) is 0 Å². The van der Waals surface area contributed by atoms with Crippen molar-refractivity contribution in [2.45, 2.75) is 19.8 Å². The van der Waals surface area contributed by atoms with Gasteiger partial charge in [0.05, 0.1) is 5.56 Å². The molecule has 0 spiro atoms. The maximum atomic E-state index is 11.0. The second-order valence-corrected chi connectivity index (χ2v) is 5.83. The van der Waals surface area contributed by atoms with E-state index in [0.29, 0.717) is 5.56 Å². The van der Waals surface area contributed by atoms with Gasteiger partial charge in [-0.2, -0.15) is 11.8 Å². The first-order chi connectivity index (χ1) is 8.72. The monoisotopic (exact) mass is 265 g/mol. The Balaban J connectivity index is 2.02. The lowest BCUT2D eigenvalue weighted by Crippen LogP contribution is -2.22. The van der Waals surface area contributed by atoms with Crippen molar-refractivity contribution < 1.29 is 9.90 Å². The molecule has 1 aromatic rings. The number of nitrogens with zero attached hydrogens (tertiary/aromatic N) is 1. The molecule has 0 saturated carbocycles. The number of carboxylic acid groups (broad SMARTS) is 1. The van der Waals surface area contributed by atoms with E-state index in [9.17, 15) is 4.79 Å². The van der Waals surface area contributed by atoms with Crippen LogP contribution in [0.4, 0.5) is 5.69 Å². The average Bonchev–Trinajstić information content (AvgIpc) is 2.77. The van der Waals surface area contributed by atoms with E-state index < -0.39 is 5.97 Å². The highest BCUT2D eigenvalue weighted by Gasteiger charge is 2.19. The highest BCUT2D eigenvalue weighted by atomic mass is 32.2. The molecule has 0 fully saturated rings. The van der Waals surface area contributed by atoms with Crippen molar-refractivity contribution >= 4 is 23.4 Å². The largest absolute Gasteiger partial charge is 0.478 e. The SMILES string of the molecule is CCSCCCN1CCc2ccc(C(=O)O)cc21. The maximum absolute atomic E-state index is 11.0. The predicted octanol–water partition coefficient (Wildman–Crippen LogP) is 2.89. The highest BCUT2D eigenvalue weighted by Crippen LogP contribution is 2.29. The summed E-state index contributed by atoms with van der Waals surface area (Å²) in [6, 6.07) is 5.48. The summed E-state index contributed by atoms with van der Waals surface area (Å²) in [5.74, 6) is 1.51. The molecule has 0 radical (unpaired) electrons. The topological polar surface area (TPSA) is 40.5 Å². The Labute approximate surface area is 112 Å². The third kappa shape index (κ3) is 2.99. The van der Waals surface area contributed by atoms with Gasteiger partial charge in [0.15, 0.2) is 0 Å². The third-order valence-electron chi connectivity index (χ3n) is 3.24. The van der Waals surface area contributed by atoms with E-state index in [2.05, 4.69) is 11.8 Å². The van der Waals surface area contributed by atoms with Gasteiger partial charge in [0.1, 0.15) is 0 Å². The van der Waals surface area contributed by atoms with Gasteiger partial charge >= 0.3 is 5.97 Å². The zero-order chi connectivity index (χ0) is 13.0. The molecule has 0 amide bonds. The molecule has 0 saturated heterocycles. The van der Waals surface area contributed by atoms with Gasteiger partial charge in [0, 0.05) is 18.8 Å². The number of thioether (sulfide) groups is 1. The van der Waals surface area contributed by atoms with Gasteiger partial charge in [0.25, 0.3) is 0 Å². The Morgan fingerprint density at radius 3 is 3.06 bits per heavy atom. The summed E-state index contributed by atoms with van der Waals surface area (Å²) in [6.45, 7) is 4.23. The molecular formula is C14H19NO2S. The molecule has 1 heterocycles. The molecule has 2 rings (SSSR count). The van der Waals surface area contributed by atoms with Crippen LogP contribution in [0.2, 0.25) is 0 Å². The fourth-order valence-electron chi connectivity index (χ4n) is 2.31. The van der Waals surface area contributed by atoms with Crippen molar-refractivity contribution in [2.75, 3.05) is 29.5 Å². The Morgan fingerprint density at radius 1 is 1.50 bits per heavy atom. The smallest absolute Gasteiger partial charge is 0.335 e. The fraction of sp³-hybridized carbons (Fsp3) is 0.500. The van der Waals surface area contributed by atoms with E-state index in [4.69, 9.17) is 5.11 Å². The molecule has 4 heteroatoms. The molecule has 0 bridgehead atoms. The molecule has 0 aliphatic carbocycles. The first-order valence-corrected chi connectivity index (χ1v) is 7.56. The number of aromatic carboxylic acids is 1. The quantitative estimate of drug-likeness (QED) is 0.803. The van der Waals surface area contributed by atoms with Crippen molar-refractivity contribution in [3.8, 4) is 0 Å². The minimum atomic E-state index is -0.841. The van der Waals surface area contributed by atoms with Gasteiger partial charge in [-0.15, -0.1) is 0 Å². The van der Waals surface area contributed by atoms with Crippen molar-refractivity contribution in [1.29, 1.82) is 0 Å². The number of rotatable bonds is 6. The summed E-state index contributed by atoms with van der Waals surface area (Å²) in [5, 5.41) is 9.03. The van der Waals surface area contributed by atoms with Crippen molar-refractivity contribution in [1.82, 2.24) is 0 Å². The van der Waals surface area contributed by atoms with Crippen LogP contribution in [-0.2, 0) is 6.42 Å². The lowest BCUT2D eigenvalue weighted by molar-refractivity contribution is 0.0697. The average molecular weight is 265 g/mol. The maximum Gasteiger partial charge on any atom is 0.335 e. The van der Waals surface area contributed by atoms with E-state index in [-0.39, 0.29) is 0 Å². The molecular weight excluding hydrogens is 246 g/mol. The van der Waals surface area contributed by atoms with E-state index in [0.717, 1.165) is 31.6 Å². The van der Waals surface area contributed by atoms with Crippen LogP contribution in [0.25, 0.3) is 0 Å². The van der Waals surface area contributed by atoms with E-state index in [1.165, 1.54) is 17.1 Å². The second-order valence-electron chi connectivity index (χ2n) is 4.44. The summed E-state index contributed by atoms with van der Waals surface area (Å²) < 4.78 is 0. The zero-order valence-corrected chi connectivity index (χ0v) is 11.5. The molecule has 3 nitrogen and oxygen atoms in total. The minimum Gasteiger partial charge on any atom is -0.478 e. The second kappa shape index (κ2) is 6.14. The minimum absolute atomic E-state index is 0.392. The first-order valence-electron chi connectivity index (χ1n) is 6.41. The van der Waals surface area contributed by atoms with Gasteiger partial charge in [-0.25, -0.2) is 4.79 Å². The van der Waals surface area contributed by atoms with Crippen LogP contribution in [0.15, 0.2) is 18.2 Å². The molecule has 1 N–H and O–H groups in total. The number of carbonyl (C=O) groups is 1. The predicted molar refractivity (Wildman–Crippen MR) is 76.9 cm³/mol. The van der Waals surface area contributed by atoms with Gasteiger partial charge in [-0.05, 0) is 42.0 Å². The van der Waals surface area contributed by atoms with Crippen molar-refractivity contribution in [2.24, 2.45) is 0 Å². The molecule has 1 aliphatic rings. The number of hydrogen-bond acceptors (Lipinski definition) is 3. The molecule has 0 unspecified atom stereocenters.